The molecule has 0 saturated carbocycles. The first-order valence-corrected chi connectivity index (χ1v) is 13.6. The summed E-state index contributed by atoms with van der Waals surface area (Å²) in [6, 6.07) is 11.2. The summed E-state index contributed by atoms with van der Waals surface area (Å²) in [7, 11) is 0. The minimum Gasteiger partial charge on any atom is -0.343 e. The molecule has 0 amide bonds. The van der Waals surface area contributed by atoms with Crippen LogP contribution in [0.25, 0.3) is 0 Å². The number of hydrogen-bond acceptors (Lipinski definition) is 0. The van der Waals surface area contributed by atoms with E-state index in [1.807, 2.05) is 12.1 Å². The molecule has 176 valence electrons. The van der Waals surface area contributed by atoms with Gasteiger partial charge in [0.2, 0.25) is 0 Å². The average Bonchev–Trinajstić information content (AvgIpc) is 2.78. The summed E-state index contributed by atoms with van der Waals surface area (Å²) in [5, 5.41) is 0. The van der Waals surface area contributed by atoms with Crippen molar-refractivity contribution in [2.45, 2.75) is 149 Å². The monoisotopic (exact) mass is 428 g/mol. The first kappa shape index (κ1) is 37.0. The topological polar surface area (TPSA) is 0 Å². The third-order valence-electron chi connectivity index (χ3n) is 5.96. The van der Waals surface area contributed by atoms with Crippen molar-refractivity contribution in [3.8, 4) is 0 Å². The Morgan fingerprint density at radius 1 is 0.531 bits per heavy atom. The van der Waals surface area contributed by atoms with Crippen molar-refractivity contribution >= 4 is 0 Å². The fourth-order valence-electron chi connectivity index (χ4n) is 3.87. The average molecular weight is 429 g/mol. The van der Waals surface area contributed by atoms with E-state index < -0.39 is 0 Å². The maximum atomic E-state index is 3.89. The van der Waals surface area contributed by atoms with Crippen LogP contribution in [-0.4, -0.2) is 0 Å². The second kappa shape index (κ2) is 33.6. The van der Waals surface area contributed by atoms with Crippen molar-refractivity contribution in [2.75, 3.05) is 0 Å². The van der Waals surface area contributed by atoms with Crippen LogP contribution in [0.5, 0.6) is 0 Å². The van der Waals surface area contributed by atoms with Gasteiger partial charge in [-0.3, -0.25) is 0 Å². The smallest absolute Gasteiger partial charge is 0.343 e. The summed E-state index contributed by atoms with van der Waals surface area (Å²) in [5.41, 5.74) is 1.43. The molecule has 2 heteroatoms. The van der Waals surface area contributed by atoms with Gasteiger partial charge in [-0.15, -0.1) is 0 Å². The maximum Gasteiger partial charge on any atom is 1.00 e. The van der Waals surface area contributed by atoms with Crippen molar-refractivity contribution in [3.63, 3.8) is 0 Å². The predicted molar refractivity (Wildman–Crippen MR) is 138 cm³/mol. The van der Waals surface area contributed by atoms with Gasteiger partial charge in [-0.05, 0) is 0 Å². The van der Waals surface area contributed by atoms with Gasteiger partial charge in [0.25, 0.3) is 0 Å². The maximum absolute atomic E-state index is 3.89. The number of benzene rings is 1. The zero-order valence-electron chi connectivity index (χ0n) is 22.9. The van der Waals surface area contributed by atoms with E-state index in [0.717, 1.165) is 6.42 Å². The van der Waals surface area contributed by atoms with Gasteiger partial charge in [0.05, 0.1) is 0 Å². The van der Waals surface area contributed by atoms with Crippen molar-refractivity contribution in [2.24, 2.45) is 0 Å². The molecular formula is C30H54Li2. The molecule has 0 atom stereocenters. The molecule has 0 nitrogen and oxygen atoms in total. The minimum atomic E-state index is 0. The Hall–Kier alpha value is 0.415. The second-order valence-corrected chi connectivity index (χ2v) is 9.02. The molecule has 1 aromatic rings. The van der Waals surface area contributed by atoms with Crippen LogP contribution in [0.4, 0.5) is 0 Å². The van der Waals surface area contributed by atoms with Gasteiger partial charge in [0, 0.05) is 0 Å². The van der Waals surface area contributed by atoms with Crippen molar-refractivity contribution < 1.29 is 37.7 Å². The fourth-order valence-corrected chi connectivity index (χ4v) is 3.87. The number of aryl methyl sites for hydroxylation is 1. The Labute approximate surface area is 228 Å². The molecule has 0 aliphatic rings. The van der Waals surface area contributed by atoms with E-state index in [0.29, 0.717) is 0 Å². The third kappa shape index (κ3) is 30.4. The molecule has 0 bridgehead atoms. The predicted octanol–water partition coefficient (Wildman–Crippen LogP) is 4.70. The summed E-state index contributed by atoms with van der Waals surface area (Å²) >= 11 is 0. The van der Waals surface area contributed by atoms with Crippen LogP contribution in [0, 0.1) is 13.0 Å². The van der Waals surface area contributed by atoms with E-state index in [2.05, 4.69) is 39.0 Å². The molecule has 0 spiro atoms. The van der Waals surface area contributed by atoms with Gasteiger partial charge in [-0.2, -0.15) is 42.3 Å². The van der Waals surface area contributed by atoms with E-state index in [1.165, 1.54) is 134 Å². The van der Waals surface area contributed by atoms with Crippen LogP contribution in [-0.2, 0) is 6.42 Å². The van der Waals surface area contributed by atoms with E-state index in [-0.39, 0.29) is 37.7 Å². The quantitative estimate of drug-likeness (QED) is 0.160. The van der Waals surface area contributed by atoms with Crippen molar-refractivity contribution in [1.82, 2.24) is 0 Å². The van der Waals surface area contributed by atoms with Crippen molar-refractivity contribution in [1.29, 1.82) is 0 Å². The normalized spacial score (nSPS) is 9.97. The van der Waals surface area contributed by atoms with Gasteiger partial charge in [0.15, 0.2) is 0 Å². The minimum absolute atomic E-state index is 0. The summed E-state index contributed by atoms with van der Waals surface area (Å²) in [6.07, 6.45) is 29.6. The molecule has 0 unspecified atom stereocenters. The molecule has 1 aromatic carbocycles. The Kier molecular flexibility index (Phi) is 38.8. The van der Waals surface area contributed by atoms with Gasteiger partial charge in [-0.1, -0.05) is 142 Å². The zero-order chi connectivity index (χ0) is 22.0. The molecular weight excluding hydrogens is 374 g/mol. The van der Waals surface area contributed by atoms with Crippen LogP contribution >= 0.6 is 0 Å². The molecule has 0 N–H and O–H groups in total. The molecule has 0 saturated heterocycles. The Morgan fingerprint density at radius 2 is 0.875 bits per heavy atom. The fraction of sp³-hybridized carbons (Fsp3) is 0.767. The van der Waals surface area contributed by atoms with Crippen LogP contribution in [0.1, 0.15) is 148 Å². The Bertz CT molecular complexity index is 387. The largest absolute Gasteiger partial charge is 1.00 e. The van der Waals surface area contributed by atoms with Crippen LogP contribution in [0.15, 0.2) is 24.3 Å². The molecule has 32 heavy (non-hydrogen) atoms. The molecule has 0 aromatic heterocycles. The second-order valence-electron chi connectivity index (χ2n) is 9.02. The SMILES string of the molecule is CCCCc1cc[c-]cc1.[CH2-]CCCCCCCCCCCCCCCCCCC.[Li+].[Li+]. The van der Waals surface area contributed by atoms with E-state index in [1.54, 1.807) is 0 Å². The summed E-state index contributed by atoms with van der Waals surface area (Å²) in [5.74, 6) is 0. The molecule has 0 radical (unpaired) electrons. The zero-order valence-corrected chi connectivity index (χ0v) is 22.9. The van der Waals surface area contributed by atoms with Crippen LogP contribution in [0.3, 0.4) is 0 Å². The first-order valence-electron chi connectivity index (χ1n) is 13.6. The number of unbranched alkanes of at least 4 members (excludes halogenated alkanes) is 18. The molecule has 0 aliphatic carbocycles. The van der Waals surface area contributed by atoms with Crippen LogP contribution < -0.4 is 37.7 Å². The van der Waals surface area contributed by atoms with Gasteiger partial charge in [0.1, 0.15) is 0 Å². The number of hydrogen-bond donors (Lipinski definition) is 0. The third-order valence-corrected chi connectivity index (χ3v) is 5.96. The van der Waals surface area contributed by atoms with Crippen LogP contribution in [0.2, 0.25) is 0 Å². The summed E-state index contributed by atoms with van der Waals surface area (Å²) in [4.78, 5) is 0. The van der Waals surface area contributed by atoms with E-state index >= 15 is 0 Å². The van der Waals surface area contributed by atoms with E-state index in [9.17, 15) is 0 Å². The summed E-state index contributed by atoms with van der Waals surface area (Å²) in [6.45, 7) is 8.40. The summed E-state index contributed by atoms with van der Waals surface area (Å²) < 4.78 is 0. The standard InChI is InChI=1S/C20H41.C10H13.2Li/c1-3-5-7-9-11-13-15-17-19-20-18-16-14-12-10-8-6-4-2;1-2-3-7-10-8-5-4-6-9-10;;/h1,3-20H2,2H3;5-6,8-9H,2-3,7H2,1H3;;/q2*-1;2*+1. The number of rotatable bonds is 20. The van der Waals surface area contributed by atoms with Crippen molar-refractivity contribution in [3.05, 3.63) is 42.8 Å². The molecule has 0 fully saturated rings. The van der Waals surface area contributed by atoms with Gasteiger partial charge in [-0.25, -0.2) is 0 Å². The Balaban J connectivity index is -0.000000591. The first-order chi connectivity index (χ1) is 14.8. The Morgan fingerprint density at radius 3 is 1.22 bits per heavy atom. The molecule has 0 aliphatic heterocycles. The van der Waals surface area contributed by atoms with Gasteiger partial charge >= 0.3 is 37.7 Å². The van der Waals surface area contributed by atoms with E-state index in [4.69, 9.17) is 0 Å². The van der Waals surface area contributed by atoms with Gasteiger partial charge < -0.3 is 6.92 Å². The molecule has 0 heterocycles. The molecule has 1 rings (SSSR count).